The molecule has 0 N–H and O–H groups in total. The summed E-state index contributed by atoms with van der Waals surface area (Å²) in [6.07, 6.45) is 4.44. The van der Waals surface area contributed by atoms with Gasteiger partial charge in [-0.25, -0.2) is 9.67 Å². The molecule has 5 heteroatoms. The Morgan fingerprint density at radius 1 is 1.07 bits per heavy atom. The minimum Gasteiger partial charge on any atom is -0.339 e. The smallest absolute Gasteiger partial charge is 0.223 e. The van der Waals surface area contributed by atoms with Gasteiger partial charge in [-0.2, -0.15) is 5.10 Å². The molecular weight excluding hydrogens is 360 g/mol. The summed E-state index contributed by atoms with van der Waals surface area (Å²) >= 11 is 0. The molecule has 0 aliphatic heterocycles. The second-order valence-electron chi connectivity index (χ2n) is 8.56. The summed E-state index contributed by atoms with van der Waals surface area (Å²) in [7, 11) is 1.88. The van der Waals surface area contributed by atoms with E-state index >= 15 is 0 Å². The lowest BCUT2D eigenvalue weighted by molar-refractivity contribution is -0.131. The highest BCUT2D eigenvalue weighted by Gasteiger charge is 2.18. The molecule has 1 heterocycles. The molecule has 0 saturated heterocycles. The van der Waals surface area contributed by atoms with Crippen molar-refractivity contribution in [1.82, 2.24) is 19.7 Å². The maximum atomic E-state index is 12.7. The maximum absolute atomic E-state index is 12.7. The van der Waals surface area contributed by atoms with Gasteiger partial charge in [0.2, 0.25) is 5.91 Å². The number of rotatable bonds is 6. The Morgan fingerprint density at radius 3 is 2.28 bits per heavy atom. The molecule has 0 radical (unpaired) electrons. The Balaban J connectivity index is 1.58. The molecule has 29 heavy (non-hydrogen) atoms. The molecule has 3 aromatic rings. The zero-order chi connectivity index (χ0) is 21.0. The molecular formula is C24H30N4O. The van der Waals surface area contributed by atoms with Crippen molar-refractivity contribution in [2.45, 2.75) is 52.0 Å². The van der Waals surface area contributed by atoms with Crippen LogP contribution in [0.15, 0.2) is 61.2 Å². The van der Waals surface area contributed by atoms with Gasteiger partial charge in [0.1, 0.15) is 12.7 Å². The molecule has 1 atom stereocenters. The van der Waals surface area contributed by atoms with E-state index in [4.69, 9.17) is 0 Å². The molecule has 152 valence electrons. The number of carbonyl (C=O) groups is 1. The lowest BCUT2D eigenvalue weighted by Crippen LogP contribution is -2.29. The van der Waals surface area contributed by atoms with E-state index in [1.165, 1.54) is 17.5 Å². The molecule has 3 rings (SSSR count). The van der Waals surface area contributed by atoms with Crippen molar-refractivity contribution in [3.05, 3.63) is 77.9 Å². The normalized spacial score (nSPS) is 12.6. The van der Waals surface area contributed by atoms with E-state index in [2.05, 4.69) is 62.0 Å². The van der Waals surface area contributed by atoms with Crippen LogP contribution in [0.5, 0.6) is 0 Å². The summed E-state index contributed by atoms with van der Waals surface area (Å²) in [4.78, 5) is 18.5. The van der Waals surface area contributed by atoms with Crippen molar-refractivity contribution in [3.8, 4) is 5.69 Å². The van der Waals surface area contributed by atoms with E-state index in [1.54, 1.807) is 11.0 Å². The molecule has 2 aromatic carbocycles. The molecule has 0 saturated carbocycles. The minimum absolute atomic E-state index is 0.00978. The van der Waals surface area contributed by atoms with Crippen LogP contribution in [-0.2, 0) is 16.6 Å². The number of benzene rings is 2. The predicted octanol–water partition coefficient (Wildman–Crippen LogP) is 4.72. The van der Waals surface area contributed by atoms with Gasteiger partial charge in [-0.15, -0.1) is 0 Å². The first-order valence-corrected chi connectivity index (χ1v) is 10.1. The van der Waals surface area contributed by atoms with E-state index in [0.29, 0.717) is 6.42 Å². The van der Waals surface area contributed by atoms with Crippen LogP contribution in [-0.4, -0.2) is 32.6 Å². The first-order chi connectivity index (χ1) is 13.8. The van der Waals surface area contributed by atoms with Crippen LogP contribution in [0.1, 0.15) is 56.8 Å². The number of hydrogen-bond donors (Lipinski definition) is 0. The highest BCUT2D eigenvalue weighted by molar-refractivity contribution is 5.76. The minimum atomic E-state index is 0.00978. The average Bonchev–Trinajstić information content (AvgIpc) is 3.25. The lowest BCUT2D eigenvalue weighted by atomic mass is 9.86. The van der Waals surface area contributed by atoms with Crippen LogP contribution in [0.3, 0.4) is 0 Å². The van der Waals surface area contributed by atoms with Gasteiger partial charge in [0.15, 0.2) is 0 Å². The number of carbonyl (C=O) groups excluding carboxylic acids is 1. The first kappa shape index (κ1) is 20.8. The van der Waals surface area contributed by atoms with Gasteiger partial charge in [-0.1, -0.05) is 57.2 Å². The van der Waals surface area contributed by atoms with Crippen molar-refractivity contribution in [3.63, 3.8) is 0 Å². The van der Waals surface area contributed by atoms with Crippen LogP contribution >= 0.6 is 0 Å². The second-order valence-corrected chi connectivity index (χ2v) is 8.56. The van der Waals surface area contributed by atoms with Crippen molar-refractivity contribution in [1.29, 1.82) is 0 Å². The fourth-order valence-corrected chi connectivity index (χ4v) is 3.29. The third-order valence-electron chi connectivity index (χ3n) is 5.48. The predicted molar refractivity (Wildman–Crippen MR) is 116 cm³/mol. The molecule has 1 amide bonds. The Labute approximate surface area is 173 Å². The average molecular weight is 391 g/mol. The van der Waals surface area contributed by atoms with Gasteiger partial charge < -0.3 is 4.90 Å². The Hall–Kier alpha value is -2.95. The summed E-state index contributed by atoms with van der Waals surface area (Å²) in [5.41, 5.74) is 4.70. The SMILES string of the molecule is C[C@@H](c1ccc(-n2cncn2)cc1)N(C)C(=O)CCc1ccc(C(C)(C)C)cc1. The third-order valence-corrected chi connectivity index (χ3v) is 5.48. The zero-order valence-electron chi connectivity index (χ0n) is 18.0. The van der Waals surface area contributed by atoms with Crippen LogP contribution in [0, 0.1) is 0 Å². The highest BCUT2D eigenvalue weighted by atomic mass is 16.2. The van der Waals surface area contributed by atoms with Crippen molar-refractivity contribution >= 4 is 5.91 Å². The first-order valence-electron chi connectivity index (χ1n) is 10.1. The van der Waals surface area contributed by atoms with Crippen molar-refractivity contribution in [2.24, 2.45) is 0 Å². The van der Waals surface area contributed by atoms with Gasteiger partial charge in [-0.3, -0.25) is 4.79 Å². The fraction of sp³-hybridized carbons (Fsp3) is 0.375. The summed E-state index contributed by atoms with van der Waals surface area (Å²) in [6.45, 7) is 8.68. The summed E-state index contributed by atoms with van der Waals surface area (Å²) in [5.74, 6) is 0.151. The third kappa shape index (κ3) is 5.11. The standard InChI is InChI=1S/C24H30N4O/c1-18(20-9-13-22(14-10-20)28-17-25-16-26-28)27(5)23(29)15-8-19-6-11-21(12-7-19)24(2,3)4/h6-7,9-14,16-18H,8,15H2,1-5H3/t18-/m0/s1. The summed E-state index contributed by atoms with van der Waals surface area (Å²) in [6, 6.07) is 16.7. The fourth-order valence-electron chi connectivity index (χ4n) is 3.29. The van der Waals surface area contributed by atoms with Gasteiger partial charge in [-0.05, 0) is 47.6 Å². The Kier molecular flexibility index (Phi) is 6.16. The number of hydrogen-bond acceptors (Lipinski definition) is 3. The number of aryl methyl sites for hydroxylation is 1. The zero-order valence-corrected chi connectivity index (χ0v) is 18.0. The Bertz CT molecular complexity index is 923. The van der Waals surface area contributed by atoms with Gasteiger partial charge in [0.25, 0.3) is 0 Å². The van der Waals surface area contributed by atoms with E-state index in [-0.39, 0.29) is 17.4 Å². The Morgan fingerprint density at radius 2 is 1.72 bits per heavy atom. The van der Waals surface area contributed by atoms with E-state index < -0.39 is 0 Å². The molecule has 0 unspecified atom stereocenters. The quantitative estimate of drug-likeness (QED) is 0.612. The van der Waals surface area contributed by atoms with E-state index in [9.17, 15) is 4.79 Å². The van der Waals surface area contributed by atoms with Crippen LogP contribution < -0.4 is 0 Å². The molecule has 0 aliphatic carbocycles. The van der Waals surface area contributed by atoms with Crippen molar-refractivity contribution < 1.29 is 4.79 Å². The van der Waals surface area contributed by atoms with Crippen LogP contribution in [0.25, 0.3) is 5.69 Å². The topological polar surface area (TPSA) is 51.0 Å². The monoisotopic (exact) mass is 390 g/mol. The van der Waals surface area contributed by atoms with Gasteiger partial charge >= 0.3 is 0 Å². The number of nitrogens with zero attached hydrogens (tertiary/aromatic N) is 4. The highest BCUT2D eigenvalue weighted by Crippen LogP contribution is 2.24. The maximum Gasteiger partial charge on any atom is 0.223 e. The lowest BCUT2D eigenvalue weighted by Gasteiger charge is -2.26. The molecule has 0 aliphatic rings. The van der Waals surface area contributed by atoms with Gasteiger partial charge in [0, 0.05) is 13.5 Å². The van der Waals surface area contributed by atoms with Crippen LogP contribution in [0.4, 0.5) is 0 Å². The van der Waals surface area contributed by atoms with Crippen LogP contribution in [0.2, 0.25) is 0 Å². The molecule has 0 spiro atoms. The molecule has 0 bridgehead atoms. The summed E-state index contributed by atoms with van der Waals surface area (Å²) < 4.78 is 1.72. The molecule has 0 fully saturated rings. The molecule has 1 aromatic heterocycles. The number of amides is 1. The van der Waals surface area contributed by atoms with E-state index in [0.717, 1.165) is 17.7 Å². The van der Waals surface area contributed by atoms with Crippen molar-refractivity contribution in [2.75, 3.05) is 7.05 Å². The summed E-state index contributed by atoms with van der Waals surface area (Å²) in [5, 5.41) is 4.14. The second kappa shape index (κ2) is 8.60. The molecule has 5 nitrogen and oxygen atoms in total. The van der Waals surface area contributed by atoms with Gasteiger partial charge in [0.05, 0.1) is 11.7 Å². The number of aromatic nitrogens is 3. The van der Waals surface area contributed by atoms with E-state index in [1.807, 2.05) is 36.2 Å². The largest absolute Gasteiger partial charge is 0.339 e.